The fraction of sp³-hybridized carbons (Fsp3) is 0.588. The molecule has 0 unspecified atom stereocenters. The summed E-state index contributed by atoms with van der Waals surface area (Å²) in [6, 6.07) is 3.65. The summed E-state index contributed by atoms with van der Waals surface area (Å²) < 4.78 is 0. The van der Waals surface area contributed by atoms with E-state index >= 15 is 0 Å². The van der Waals surface area contributed by atoms with Crippen LogP contribution in [0.25, 0.3) is 0 Å². The summed E-state index contributed by atoms with van der Waals surface area (Å²) in [7, 11) is 0. The van der Waals surface area contributed by atoms with Gasteiger partial charge in [-0.25, -0.2) is 4.98 Å². The van der Waals surface area contributed by atoms with Gasteiger partial charge in [0.1, 0.15) is 17.6 Å². The average Bonchev–Trinajstić information content (AvgIpc) is 3.27. The third-order valence-corrected chi connectivity index (χ3v) is 4.25. The third-order valence-electron chi connectivity index (χ3n) is 4.25. The van der Waals surface area contributed by atoms with Crippen LogP contribution in [-0.4, -0.2) is 40.3 Å². The molecule has 1 fully saturated rings. The Morgan fingerprint density at radius 2 is 2.09 bits per heavy atom. The topological polar surface area (TPSA) is 74.3 Å². The van der Waals surface area contributed by atoms with Crippen molar-refractivity contribution in [2.45, 2.75) is 52.2 Å². The van der Waals surface area contributed by atoms with E-state index in [0.717, 1.165) is 24.9 Å². The summed E-state index contributed by atoms with van der Waals surface area (Å²) in [6.45, 7) is 7.27. The van der Waals surface area contributed by atoms with Crippen molar-refractivity contribution in [3.8, 4) is 0 Å². The molecule has 0 spiro atoms. The molecular formula is C17H24N4O2. The molecule has 1 atom stereocenters. The Kier molecular flexibility index (Phi) is 4.24. The molecule has 2 aliphatic rings. The highest BCUT2D eigenvalue weighted by Crippen LogP contribution is 2.25. The molecule has 0 aromatic carbocycles. The highest BCUT2D eigenvalue weighted by atomic mass is 16.2. The summed E-state index contributed by atoms with van der Waals surface area (Å²) in [5.74, 6) is 0.976. The fourth-order valence-electron chi connectivity index (χ4n) is 2.60. The van der Waals surface area contributed by atoms with E-state index in [1.165, 1.54) is 0 Å². The lowest BCUT2D eigenvalue weighted by atomic mass is 10.2. The fourth-order valence-corrected chi connectivity index (χ4v) is 2.60. The zero-order chi connectivity index (χ0) is 16.6. The number of carbonyl (C=O) groups is 2. The first-order chi connectivity index (χ1) is 11.0. The second-order valence-corrected chi connectivity index (χ2v) is 6.87. The summed E-state index contributed by atoms with van der Waals surface area (Å²) in [5, 5.41) is 6.19. The minimum absolute atomic E-state index is 0.0770. The van der Waals surface area contributed by atoms with E-state index in [2.05, 4.69) is 29.5 Å². The van der Waals surface area contributed by atoms with Crippen molar-refractivity contribution < 1.29 is 9.59 Å². The maximum Gasteiger partial charge on any atom is 0.273 e. The van der Waals surface area contributed by atoms with E-state index in [1.807, 2.05) is 12.1 Å². The van der Waals surface area contributed by atoms with Crippen molar-refractivity contribution in [2.75, 3.05) is 11.9 Å². The first-order valence-electron chi connectivity index (χ1n) is 8.31. The van der Waals surface area contributed by atoms with Crippen molar-refractivity contribution in [3.63, 3.8) is 0 Å². The van der Waals surface area contributed by atoms with Gasteiger partial charge in [-0.1, -0.05) is 19.9 Å². The van der Waals surface area contributed by atoms with Crippen molar-refractivity contribution in [3.05, 3.63) is 23.4 Å². The van der Waals surface area contributed by atoms with Crippen molar-refractivity contribution >= 4 is 17.6 Å². The molecule has 3 rings (SSSR count). The number of carbonyl (C=O) groups excluding carboxylic acids is 2. The van der Waals surface area contributed by atoms with E-state index in [9.17, 15) is 9.59 Å². The lowest BCUT2D eigenvalue weighted by Crippen LogP contribution is -2.45. The van der Waals surface area contributed by atoms with Crippen LogP contribution in [0.5, 0.6) is 0 Å². The Morgan fingerprint density at radius 1 is 1.35 bits per heavy atom. The molecular weight excluding hydrogens is 292 g/mol. The van der Waals surface area contributed by atoms with Crippen LogP contribution in [0.3, 0.4) is 0 Å². The molecule has 1 aliphatic carbocycles. The minimum atomic E-state index is -0.468. The Bertz CT molecular complexity index is 625. The number of aromatic nitrogens is 1. The number of hydrogen-bond acceptors (Lipinski definition) is 4. The number of anilines is 1. The second kappa shape index (κ2) is 6.18. The van der Waals surface area contributed by atoms with E-state index < -0.39 is 6.04 Å². The number of nitrogens with zero attached hydrogens (tertiary/aromatic N) is 2. The van der Waals surface area contributed by atoms with Gasteiger partial charge in [-0.2, -0.15) is 0 Å². The molecule has 2 amide bonds. The first kappa shape index (κ1) is 15.8. The van der Waals surface area contributed by atoms with E-state index in [1.54, 1.807) is 11.8 Å². The molecule has 1 aliphatic heterocycles. The van der Waals surface area contributed by atoms with E-state index in [4.69, 9.17) is 0 Å². The highest BCUT2D eigenvalue weighted by Gasteiger charge is 2.36. The summed E-state index contributed by atoms with van der Waals surface area (Å²) in [4.78, 5) is 30.8. The summed E-state index contributed by atoms with van der Waals surface area (Å²) >= 11 is 0. The summed E-state index contributed by atoms with van der Waals surface area (Å²) in [6.07, 6.45) is 2.08. The predicted octanol–water partition coefficient (Wildman–Crippen LogP) is 1.77. The molecule has 1 saturated carbocycles. The Labute approximate surface area is 136 Å². The maximum atomic E-state index is 12.6. The Hall–Kier alpha value is -2.11. The number of hydrogen-bond donors (Lipinski definition) is 2. The van der Waals surface area contributed by atoms with Gasteiger partial charge in [0, 0.05) is 24.7 Å². The van der Waals surface area contributed by atoms with Gasteiger partial charge in [-0.05, 0) is 31.7 Å². The van der Waals surface area contributed by atoms with Crippen molar-refractivity contribution in [2.24, 2.45) is 5.92 Å². The third kappa shape index (κ3) is 3.46. The molecule has 1 aromatic heterocycles. The van der Waals surface area contributed by atoms with Crippen LogP contribution in [0.4, 0.5) is 5.82 Å². The molecule has 6 heteroatoms. The quantitative estimate of drug-likeness (QED) is 0.839. The molecule has 124 valence electrons. The molecule has 2 heterocycles. The maximum absolute atomic E-state index is 12.6. The van der Waals surface area contributed by atoms with Gasteiger partial charge < -0.3 is 15.5 Å². The largest absolute Gasteiger partial charge is 0.370 e. The Morgan fingerprint density at radius 3 is 2.74 bits per heavy atom. The summed E-state index contributed by atoms with van der Waals surface area (Å²) in [5.41, 5.74) is 1.35. The van der Waals surface area contributed by atoms with Crippen LogP contribution in [0.15, 0.2) is 12.1 Å². The van der Waals surface area contributed by atoms with Crippen LogP contribution >= 0.6 is 0 Å². The van der Waals surface area contributed by atoms with Crippen LogP contribution in [0.2, 0.25) is 0 Å². The number of nitrogens with one attached hydrogen (secondary N) is 2. The van der Waals surface area contributed by atoms with Crippen LogP contribution in [0.1, 0.15) is 49.7 Å². The molecule has 23 heavy (non-hydrogen) atoms. The normalized spacial score (nSPS) is 18.1. The average molecular weight is 316 g/mol. The van der Waals surface area contributed by atoms with Crippen LogP contribution in [-0.2, 0) is 11.3 Å². The molecule has 2 N–H and O–H groups in total. The highest BCUT2D eigenvalue weighted by molar-refractivity contribution is 5.99. The number of fused-ring (bicyclic) bond motifs is 1. The van der Waals surface area contributed by atoms with Gasteiger partial charge in [0.05, 0.1) is 0 Å². The molecule has 6 nitrogen and oxygen atoms in total. The van der Waals surface area contributed by atoms with Gasteiger partial charge in [0.15, 0.2) is 0 Å². The van der Waals surface area contributed by atoms with E-state index in [-0.39, 0.29) is 11.8 Å². The number of rotatable bonds is 6. The molecule has 0 radical (unpaired) electrons. The van der Waals surface area contributed by atoms with Gasteiger partial charge in [0.25, 0.3) is 5.91 Å². The lowest BCUT2D eigenvalue weighted by molar-refractivity contribution is -0.125. The zero-order valence-electron chi connectivity index (χ0n) is 13.9. The predicted molar refractivity (Wildman–Crippen MR) is 88.1 cm³/mol. The van der Waals surface area contributed by atoms with Gasteiger partial charge in [0.2, 0.25) is 5.91 Å². The van der Waals surface area contributed by atoms with Gasteiger partial charge in [-0.3, -0.25) is 9.59 Å². The van der Waals surface area contributed by atoms with Crippen molar-refractivity contribution in [1.82, 2.24) is 15.2 Å². The lowest BCUT2D eigenvalue weighted by Gasteiger charge is -2.23. The smallest absolute Gasteiger partial charge is 0.273 e. The minimum Gasteiger partial charge on any atom is -0.370 e. The molecule has 1 aromatic rings. The monoisotopic (exact) mass is 316 g/mol. The zero-order valence-corrected chi connectivity index (χ0v) is 13.9. The van der Waals surface area contributed by atoms with Gasteiger partial charge >= 0.3 is 0 Å². The van der Waals surface area contributed by atoms with E-state index in [0.29, 0.717) is 30.0 Å². The van der Waals surface area contributed by atoms with Gasteiger partial charge in [-0.15, -0.1) is 0 Å². The number of amides is 2. The standard InChI is InChI=1S/C17H24N4O2/c1-10(2)8-18-14-7-4-12-9-21(17(23)15(12)20-14)11(3)16(22)19-13-5-6-13/h4,7,10-11,13H,5-6,8-9H2,1-3H3,(H,18,20)(H,19,22)/t11-/m1/s1. The molecule has 0 saturated heterocycles. The van der Waals surface area contributed by atoms with Crippen molar-refractivity contribution in [1.29, 1.82) is 0 Å². The first-order valence-corrected chi connectivity index (χ1v) is 8.31. The second-order valence-electron chi connectivity index (χ2n) is 6.87. The Balaban J connectivity index is 1.69. The SMILES string of the molecule is CC(C)CNc1ccc2c(n1)C(=O)N([C@H](C)C(=O)NC1CC1)C2. The molecule has 0 bridgehead atoms. The van der Waals surface area contributed by atoms with Crippen LogP contribution in [0, 0.1) is 5.92 Å². The number of pyridine rings is 1. The van der Waals surface area contributed by atoms with Crippen LogP contribution < -0.4 is 10.6 Å².